The first kappa shape index (κ1) is 12.2. The van der Waals surface area contributed by atoms with E-state index in [0.717, 1.165) is 4.88 Å². The second-order valence-electron chi connectivity index (χ2n) is 3.68. The van der Waals surface area contributed by atoms with E-state index in [-0.39, 0.29) is 0 Å². The molecular formula is C10H10N6OS2. The molecule has 3 heterocycles. The Hall–Kier alpha value is -1.87. The highest BCUT2D eigenvalue weighted by molar-refractivity contribution is 7.98. The van der Waals surface area contributed by atoms with Gasteiger partial charge in [0, 0.05) is 7.05 Å². The van der Waals surface area contributed by atoms with Gasteiger partial charge in [0.1, 0.15) is 0 Å². The third-order valence-electron chi connectivity index (χ3n) is 2.40. The first-order valence-electron chi connectivity index (χ1n) is 5.38. The molecule has 0 saturated heterocycles. The van der Waals surface area contributed by atoms with Crippen LogP contribution < -0.4 is 5.73 Å². The predicted octanol–water partition coefficient (Wildman–Crippen LogP) is 1.80. The van der Waals surface area contributed by atoms with E-state index in [2.05, 4.69) is 20.3 Å². The van der Waals surface area contributed by atoms with Gasteiger partial charge in [0.15, 0.2) is 5.16 Å². The van der Waals surface area contributed by atoms with Crippen LogP contribution in [0.5, 0.6) is 0 Å². The minimum absolute atomic E-state index is 0.382. The van der Waals surface area contributed by atoms with Crippen molar-refractivity contribution in [3.05, 3.63) is 23.4 Å². The van der Waals surface area contributed by atoms with Crippen molar-refractivity contribution in [3.63, 3.8) is 0 Å². The highest BCUT2D eigenvalue weighted by atomic mass is 32.2. The summed E-state index contributed by atoms with van der Waals surface area (Å²) in [7, 11) is 1.81. The molecule has 98 valence electrons. The maximum absolute atomic E-state index is 5.60. The first-order chi connectivity index (χ1) is 9.24. The Balaban J connectivity index is 1.69. The molecule has 0 atom stereocenters. The quantitative estimate of drug-likeness (QED) is 0.733. The maximum Gasteiger partial charge on any atom is 0.237 e. The van der Waals surface area contributed by atoms with Crippen LogP contribution in [0.3, 0.4) is 0 Å². The molecule has 0 amide bonds. The van der Waals surface area contributed by atoms with E-state index in [4.69, 9.17) is 10.3 Å². The number of aromatic nitrogens is 5. The lowest BCUT2D eigenvalue weighted by Crippen LogP contribution is -1.98. The summed E-state index contributed by atoms with van der Waals surface area (Å²) in [5.74, 6) is 2.08. The summed E-state index contributed by atoms with van der Waals surface area (Å²) in [6.45, 7) is 0. The van der Waals surface area contributed by atoms with Crippen molar-refractivity contribution in [2.75, 3.05) is 5.73 Å². The van der Waals surface area contributed by atoms with Crippen LogP contribution in [0.15, 0.2) is 27.2 Å². The molecule has 0 spiro atoms. The fourth-order valence-corrected chi connectivity index (χ4v) is 2.80. The largest absolute Gasteiger partial charge is 0.368 e. The Morgan fingerprint density at radius 1 is 1.47 bits per heavy atom. The zero-order valence-electron chi connectivity index (χ0n) is 9.98. The number of thiophene rings is 1. The molecule has 0 fully saturated rings. The minimum atomic E-state index is 0.382. The second-order valence-corrected chi connectivity index (χ2v) is 5.57. The van der Waals surface area contributed by atoms with Crippen molar-refractivity contribution in [2.24, 2.45) is 7.05 Å². The van der Waals surface area contributed by atoms with Gasteiger partial charge in [-0.3, -0.25) is 4.57 Å². The average Bonchev–Trinajstić information content (AvgIpc) is 3.11. The highest BCUT2D eigenvalue weighted by Crippen LogP contribution is 2.24. The van der Waals surface area contributed by atoms with E-state index in [9.17, 15) is 0 Å². The van der Waals surface area contributed by atoms with Gasteiger partial charge in [-0.15, -0.1) is 21.5 Å². The van der Waals surface area contributed by atoms with E-state index in [1.807, 2.05) is 24.6 Å². The number of rotatable bonds is 4. The molecule has 0 radical (unpaired) electrons. The van der Waals surface area contributed by atoms with Crippen LogP contribution in [0.1, 0.15) is 5.89 Å². The smallest absolute Gasteiger partial charge is 0.237 e. The van der Waals surface area contributed by atoms with Crippen LogP contribution in [0, 0.1) is 0 Å². The minimum Gasteiger partial charge on any atom is -0.368 e. The number of thioether (sulfide) groups is 1. The van der Waals surface area contributed by atoms with Crippen LogP contribution >= 0.6 is 23.1 Å². The van der Waals surface area contributed by atoms with Crippen LogP contribution in [-0.4, -0.2) is 24.9 Å². The molecule has 0 aliphatic heterocycles. The Morgan fingerprint density at radius 2 is 2.37 bits per heavy atom. The molecule has 0 bridgehead atoms. The van der Waals surface area contributed by atoms with Crippen LogP contribution in [0.25, 0.3) is 10.7 Å². The van der Waals surface area contributed by atoms with Crippen molar-refractivity contribution in [3.8, 4) is 10.7 Å². The van der Waals surface area contributed by atoms with Gasteiger partial charge in [-0.25, -0.2) is 0 Å². The topological polar surface area (TPSA) is 95.7 Å². The molecule has 0 aliphatic carbocycles. The van der Waals surface area contributed by atoms with Gasteiger partial charge in [0.05, 0.1) is 10.6 Å². The van der Waals surface area contributed by atoms with Crippen LogP contribution in [0.2, 0.25) is 0 Å². The Kier molecular flexibility index (Phi) is 3.22. The molecule has 0 saturated carbocycles. The summed E-state index contributed by atoms with van der Waals surface area (Å²) in [4.78, 5) is 5.32. The summed E-state index contributed by atoms with van der Waals surface area (Å²) in [5.41, 5.74) is 5.60. The SMILES string of the molecule is Cn1c(N)nnc1SCc1nc(-c2cccs2)no1. The van der Waals surface area contributed by atoms with Gasteiger partial charge in [0.2, 0.25) is 17.7 Å². The summed E-state index contributed by atoms with van der Waals surface area (Å²) in [6.07, 6.45) is 0. The van der Waals surface area contributed by atoms with E-state index in [0.29, 0.717) is 28.6 Å². The zero-order chi connectivity index (χ0) is 13.2. The van der Waals surface area contributed by atoms with Gasteiger partial charge >= 0.3 is 0 Å². The van der Waals surface area contributed by atoms with Crippen molar-refractivity contribution < 1.29 is 4.52 Å². The van der Waals surface area contributed by atoms with Crippen molar-refractivity contribution in [2.45, 2.75) is 10.9 Å². The number of hydrogen-bond donors (Lipinski definition) is 1. The molecule has 3 aromatic heterocycles. The van der Waals surface area contributed by atoms with E-state index in [1.54, 1.807) is 15.9 Å². The third kappa shape index (κ3) is 2.47. The van der Waals surface area contributed by atoms with E-state index < -0.39 is 0 Å². The number of hydrogen-bond acceptors (Lipinski definition) is 8. The lowest BCUT2D eigenvalue weighted by molar-refractivity contribution is 0.391. The number of nitrogens with zero attached hydrogens (tertiary/aromatic N) is 5. The Labute approximate surface area is 116 Å². The molecule has 19 heavy (non-hydrogen) atoms. The molecule has 9 heteroatoms. The summed E-state index contributed by atoms with van der Waals surface area (Å²) in [5, 5.41) is 14.4. The Bertz CT molecular complexity index is 674. The summed E-state index contributed by atoms with van der Waals surface area (Å²) < 4.78 is 6.90. The number of nitrogens with two attached hydrogens (primary N) is 1. The fourth-order valence-electron chi connectivity index (χ4n) is 1.40. The third-order valence-corrected chi connectivity index (χ3v) is 4.27. The lowest BCUT2D eigenvalue weighted by Gasteiger charge is -1.97. The zero-order valence-corrected chi connectivity index (χ0v) is 11.6. The van der Waals surface area contributed by atoms with Crippen molar-refractivity contribution >= 4 is 29.0 Å². The molecule has 2 N–H and O–H groups in total. The average molecular weight is 294 g/mol. The molecule has 0 aliphatic rings. The number of nitrogen functional groups attached to an aromatic ring is 1. The lowest BCUT2D eigenvalue weighted by atomic mass is 10.4. The maximum atomic E-state index is 5.60. The summed E-state index contributed by atoms with van der Waals surface area (Å²) >= 11 is 3.02. The molecular weight excluding hydrogens is 284 g/mol. The molecule has 3 aromatic rings. The van der Waals surface area contributed by atoms with Gasteiger partial charge < -0.3 is 10.3 Å². The van der Waals surface area contributed by atoms with Crippen molar-refractivity contribution in [1.29, 1.82) is 0 Å². The second kappa shape index (κ2) is 5.02. The first-order valence-corrected chi connectivity index (χ1v) is 7.24. The van der Waals surface area contributed by atoms with Crippen LogP contribution in [0.4, 0.5) is 5.95 Å². The summed E-state index contributed by atoms with van der Waals surface area (Å²) in [6, 6.07) is 3.91. The normalized spacial score (nSPS) is 11.0. The molecule has 3 rings (SSSR count). The van der Waals surface area contributed by atoms with Gasteiger partial charge in [-0.05, 0) is 11.4 Å². The fraction of sp³-hybridized carbons (Fsp3) is 0.200. The number of anilines is 1. The van der Waals surface area contributed by atoms with Crippen LogP contribution in [-0.2, 0) is 12.8 Å². The monoisotopic (exact) mass is 294 g/mol. The van der Waals surface area contributed by atoms with E-state index >= 15 is 0 Å². The Morgan fingerprint density at radius 3 is 3.05 bits per heavy atom. The van der Waals surface area contributed by atoms with Gasteiger partial charge in [0.25, 0.3) is 0 Å². The predicted molar refractivity (Wildman–Crippen MR) is 72.6 cm³/mol. The van der Waals surface area contributed by atoms with E-state index in [1.165, 1.54) is 11.8 Å². The van der Waals surface area contributed by atoms with Gasteiger partial charge in [-0.2, -0.15) is 4.98 Å². The molecule has 0 unspecified atom stereocenters. The standard InChI is InChI=1S/C10H10N6OS2/c1-16-9(11)13-14-10(16)19-5-7-12-8(15-17-7)6-3-2-4-18-6/h2-4H,5H2,1H3,(H2,11,13). The van der Waals surface area contributed by atoms with Crippen molar-refractivity contribution in [1.82, 2.24) is 24.9 Å². The molecule has 7 nitrogen and oxygen atoms in total. The molecule has 0 aromatic carbocycles. The van der Waals surface area contributed by atoms with Gasteiger partial charge in [-0.1, -0.05) is 23.0 Å². The highest BCUT2D eigenvalue weighted by Gasteiger charge is 2.12.